The molecule has 0 aliphatic carbocycles. The summed E-state index contributed by atoms with van der Waals surface area (Å²) >= 11 is 0. The first-order valence-corrected chi connectivity index (χ1v) is 6.70. The maximum atomic E-state index is 10.6. The Morgan fingerprint density at radius 1 is 1.33 bits per heavy atom. The van der Waals surface area contributed by atoms with Crippen molar-refractivity contribution in [3.8, 4) is 11.5 Å². The minimum atomic E-state index is -4.57. The fourth-order valence-electron chi connectivity index (χ4n) is 1.43. The summed E-state index contributed by atoms with van der Waals surface area (Å²) in [7, 11) is -3.20. The molecule has 0 saturated carbocycles. The predicted molar refractivity (Wildman–Crippen MR) is 65.2 cm³/mol. The molecule has 2 N–H and O–H groups in total. The van der Waals surface area contributed by atoms with Gasteiger partial charge in [0.15, 0.2) is 11.5 Å². The number of rotatable bonds is 6. The van der Waals surface area contributed by atoms with Crippen molar-refractivity contribution < 1.29 is 27.0 Å². The van der Waals surface area contributed by atoms with Gasteiger partial charge in [-0.3, -0.25) is 4.55 Å². The third-order valence-electron chi connectivity index (χ3n) is 2.27. The molecule has 0 radical (unpaired) electrons. The highest BCUT2D eigenvalue weighted by molar-refractivity contribution is 7.81. The average molecular weight is 276 g/mol. The van der Waals surface area contributed by atoms with Crippen LogP contribution in [-0.2, 0) is 16.8 Å². The standard InChI is InChI=1S/C11H16O6S/c1-8(12)3-4-9-5-6-10(11(7-9)16-2)17-18(13,14)15/h5-8,12H,3-4H2,1-2H3,(H,13,14,15). The van der Waals surface area contributed by atoms with Crippen LogP contribution in [0.4, 0.5) is 0 Å². The largest absolute Gasteiger partial charge is 0.493 e. The van der Waals surface area contributed by atoms with Gasteiger partial charge in [-0.1, -0.05) is 6.07 Å². The topological polar surface area (TPSA) is 93.1 Å². The molecule has 1 aromatic rings. The number of hydrogen-bond acceptors (Lipinski definition) is 5. The van der Waals surface area contributed by atoms with Gasteiger partial charge >= 0.3 is 10.4 Å². The quantitative estimate of drug-likeness (QED) is 0.758. The molecule has 0 amide bonds. The number of aryl methyl sites for hydroxylation is 1. The van der Waals surface area contributed by atoms with E-state index >= 15 is 0 Å². The Bertz CT molecular complexity index is 494. The number of benzene rings is 1. The Morgan fingerprint density at radius 2 is 2.00 bits per heavy atom. The second kappa shape index (κ2) is 6.03. The number of hydrogen-bond donors (Lipinski definition) is 2. The zero-order valence-corrected chi connectivity index (χ0v) is 11.0. The van der Waals surface area contributed by atoms with Crippen molar-refractivity contribution in [3.63, 3.8) is 0 Å². The van der Waals surface area contributed by atoms with Crippen LogP contribution in [0, 0.1) is 0 Å². The van der Waals surface area contributed by atoms with E-state index in [0.29, 0.717) is 12.8 Å². The molecule has 6 nitrogen and oxygen atoms in total. The fourth-order valence-corrected chi connectivity index (χ4v) is 1.79. The summed E-state index contributed by atoms with van der Waals surface area (Å²) in [5.41, 5.74) is 0.871. The van der Waals surface area contributed by atoms with Crippen LogP contribution < -0.4 is 8.92 Å². The Morgan fingerprint density at radius 3 is 2.50 bits per heavy atom. The summed E-state index contributed by atoms with van der Waals surface area (Å²) in [5, 5.41) is 9.18. The van der Waals surface area contributed by atoms with E-state index in [4.69, 9.17) is 9.29 Å². The van der Waals surface area contributed by atoms with E-state index in [1.54, 1.807) is 19.1 Å². The highest BCUT2D eigenvalue weighted by Crippen LogP contribution is 2.29. The molecule has 7 heteroatoms. The van der Waals surface area contributed by atoms with Gasteiger partial charge in [0.1, 0.15) is 0 Å². The zero-order valence-electron chi connectivity index (χ0n) is 10.2. The summed E-state index contributed by atoms with van der Waals surface area (Å²) < 4.78 is 39.2. The molecule has 1 aromatic carbocycles. The number of methoxy groups -OCH3 is 1. The lowest BCUT2D eigenvalue weighted by molar-refractivity contribution is 0.185. The molecule has 0 heterocycles. The van der Waals surface area contributed by atoms with Crippen molar-refractivity contribution in [2.75, 3.05) is 7.11 Å². The number of aliphatic hydroxyl groups is 1. The molecule has 0 bridgehead atoms. The SMILES string of the molecule is COc1cc(CCC(C)O)ccc1OS(=O)(=O)O. The second-order valence-electron chi connectivity index (χ2n) is 3.88. The van der Waals surface area contributed by atoms with E-state index in [0.717, 1.165) is 5.56 Å². The van der Waals surface area contributed by atoms with Gasteiger partial charge in [-0.15, -0.1) is 0 Å². The average Bonchev–Trinajstić information content (AvgIpc) is 2.25. The molecule has 0 spiro atoms. The monoisotopic (exact) mass is 276 g/mol. The number of aliphatic hydroxyl groups excluding tert-OH is 1. The zero-order chi connectivity index (χ0) is 13.8. The highest BCUT2D eigenvalue weighted by Gasteiger charge is 2.13. The Kier molecular flexibility index (Phi) is 4.94. The minimum absolute atomic E-state index is 0.0826. The molecule has 102 valence electrons. The molecule has 1 atom stereocenters. The predicted octanol–water partition coefficient (Wildman–Crippen LogP) is 1.19. The van der Waals surface area contributed by atoms with Crippen LogP contribution in [0.25, 0.3) is 0 Å². The van der Waals surface area contributed by atoms with E-state index < -0.39 is 16.5 Å². The van der Waals surface area contributed by atoms with Crippen molar-refractivity contribution in [3.05, 3.63) is 23.8 Å². The third kappa shape index (κ3) is 4.91. The van der Waals surface area contributed by atoms with Crippen molar-refractivity contribution >= 4 is 10.4 Å². The van der Waals surface area contributed by atoms with E-state index in [-0.39, 0.29) is 11.5 Å². The fraction of sp³-hybridized carbons (Fsp3) is 0.455. The van der Waals surface area contributed by atoms with E-state index in [2.05, 4.69) is 4.18 Å². The maximum absolute atomic E-state index is 10.6. The second-order valence-corrected chi connectivity index (χ2v) is 4.91. The van der Waals surface area contributed by atoms with E-state index in [1.165, 1.54) is 13.2 Å². The summed E-state index contributed by atoms with van der Waals surface area (Å²) in [4.78, 5) is 0. The van der Waals surface area contributed by atoms with Gasteiger partial charge in [-0.2, -0.15) is 8.42 Å². The van der Waals surface area contributed by atoms with Crippen LogP contribution in [0.3, 0.4) is 0 Å². The lowest BCUT2D eigenvalue weighted by Gasteiger charge is -2.10. The lowest BCUT2D eigenvalue weighted by Crippen LogP contribution is -2.08. The van der Waals surface area contributed by atoms with Gasteiger partial charge < -0.3 is 14.0 Å². The van der Waals surface area contributed by atoms with Crippen molar-refractivity contribution in [1.29, 1.82) is 0 Å². The summed E-state index contributed by atoms with van der Waals surface area (Å²) in [5.74, 6) is 0.122. The van der Waals surface area contributed by atoms with Gasteiger partial charge in [0, 0.05) is 0 Å². The van der Waals surface area contributed by atoms with Gasteiger partial charge in [0.05, 0.1) is 13.2 Å². The molecule has 0 aromatic heterocycles. The van der Waals surface area contributed by atoms with Crippen LogP contribution in [0.1, 0.15) is 18.9 Å². The van der Waals surface area contributed by atoms with Crippen LogP contribution in [-0.4, -0.2) is 31.3 Å². The maximum Gasteiger partial charge on any atom is 0.446 e. The molecule has 1 rings (SSSR count). The van der Waals surface area contributed by atoms with Crippen molar-refractivity contribution in [2.45, 2.75) is 25.9 Å². The molecule has 0 aliphatic rings. The van der Waals surface area contributed by atoms with Crippen molar-refractivity contribution in [1.82, 2.24) is 0 Å². The Balaban J connectivity index is 2.89. The molecule has 18 heavy (non-hydrogen) atoms. The first-order chi connectivity index (χ1) is 8.31. The molecular formula is C11H16O6S. The first-order valence-electron chi connectivity index (χ1n) is 5.33. The molecule has 0 aliphatic heterocycles. The van der Waals surface area contributed by atoms with Gasteiger partial charge in [-0.05, 0) is 37.5 Å². The summed E-state index contributed by atoms with van der Waals surface area (Å²) in [6.07, 6.45) is 0.798. The third-order valence-corrected chi connectivity index (χ3v) is 2.66. The van der Waals surface area contributed by atoms with E-state index in [1.807, 2.05) is 0 Å². The Labute approximate surface area is 106 Å². The van der Waals surface area contributed by atoms with Crippen molar-refractivity contribution in [2.24, 2.45) is 0 Å². The smallest absolute Gasteiger partial charge is 0.446 e. The summed E-state index contributed by atoms with van der Waals surface area (Å²) in [6.45, 7) is 1.69. The molecule has 1 unspecified atom stereocenters. The highest BCUT2D eigenvalue weighted by atomic mass is 32.3. The lowest BCUT2D eigenvalue weighted by atomic mass is 10.1. The van der Waals surface area contributed by atoms with Crippen LogP contribution >= 0.6 is 0 Å². The molecular weight excluding hydrogens is 260 g/mol. The molecule has 0 saturated heterocycles. The summed E-state index contributed by atoms with van der Waals surface area (Å²) in [6, 6.07) is 4.64. The van der Waals surface area contributed by atoms with Gasteiger partial charge in [-0.25, -0.2) is 0 Å². The Hall–Kier alpha value is -1.31. The van der Waals surface area contributed by atoms with E-state index in [9.17, 15) is 13.5 Å². The molecule has 0 fully saturated rings. The van der Waals surface area contributed by atoms with Crippen LogP contribution in [0.15, 0.2) is 18.2 Å². The first kappa shape index (κ1) is 14.7. The van der Waals surface area contributed by atoms with Gasteiger partial charge in [0.25, 0.3) is 0 Å². The van der Waals surface area contributed by atoms with Gasteiger partial charge in [0.2, 0.25) is 0 Å². The normalized spacial score (nSPS) is 13.1. The number of ether oxygens (including phenoxy) is 1. The van der Waals surface area contributed by atoms with Crippen LogP contribution in [0.5, 0.6) is 11.5 Å². The van der Waals surface area contributed by atoms with Crippen LogP contribution in [0.2, 0.25) is 0 Å². The minimum Gasteiger partial charge on any atom is -0.493 e.